The molecular weight excluding hydrogens is 490 g/mol. The minimum absolute atomic E-state index is 0.0276. The first-order valence-corrected chi connectivity index (χ1v) is 13.8. The average Bonchev–Trinajstić information content (AvgIpc) is 3.43. The van der Waals surface area contributed by atoms with Crippen molar-refractivity contribution >= 4 is 44.2 Å². The van der Waals surface area contributed by atoms with Gasteiger partial charge in [-0.3, -0.25) is 4.79 Å². The van der Waals surface area contributed by atoms with Crippen LogP contribution >= 0.6 is 11.6 Å². The van der Waals surface area contributed by atoms with Gasteiger partial charge >= 0.3 is 0 Å². The van der Waals surface area contributed by atoms with Gasteiger partial charge in [-0.25, -0.2) is 18.4 Å². The van der Waals surface area contributed by atoms with E-state index in [1.165, 1.54) is 12.1 Å². The van der Waals surface area contributed by atoms with E-state index >= 15 is 0 Å². The molecule has 1 aliphatic heterocycles. The molecule has 0 atom stereocenters. The summed E-state index contributed by atoms with van der Waals surface area (Å²) in [6.07, 6.45) is 6.59. The largest absolute Gasteiger partial charge is 0.484 e. The molecule has 2 fully saturated rings. The Kier molecular flexibility index (Phi) is 6.35. The Morgan fingerprint density at radius 2 is 2.06 bits per heavy atom. The molecule has 1 aromatic carbocycles. The number of fused-ring (bicyclic) bond motifs is 1. The zero-order valence-electron chi connectivity index (χ0n) is 19.5. The Morgan fingerprint density at radius 1 is 1.23 bits per heavy atom. The average molecular weight is 518 g/mol. The fourth-order valence-corrected chi connectivity index (χ4v) is 6.73. The van der Waals surface area contributed by atoms with Crippen LogP contribution in [0, 0.1) is 0 Å². The number of aromatic nitrogens is 3. The van der Waals surface area contributed by atoms with Gasteiger partial charge in [0.05, 0.1) is 26.6 Å². The van der Waals surface area contributed by atoms with E-state index in [4.69, 9.17) is 16.3 Å². The maximum atomic E-state index is 13.1. The number of rotatable bonds is 8. The van der Waals surface area contributed by atoms with Crippen LogP contribution in [-0.2, 0) is 14.6 Å². The summed E-state index contributed by atoms with van der Waals surface area (Å²) in [7, 11) is -3.51. The predicted octanol–water partition coefficient (Wildman–Crippen LogP) is 3.45. The van der Waals surface area contributed by atoms with E-state index in [0.717, 1.165) is 36.1 Å². The monoisotopic (exact) mass is 517 g/mol. The van der Waals surface area contributed by atoms with Gasteiger partial charge in [-0.2, -0.15) is 0 Å². The number of anilines is 1. The Balaban J connectivity index is 1.25. The molecule has 3 aromatic rings. The van der Waals surface area contributed by atoms with Crippen LogP contribution < -0.4 is 9.64 Å². The van der Waals surface area contributed by atoms with Crippen molar-refractivity contribution in [3.8, 4) is 5.75 Å². The van der Waals surface area contributed by atoms with Gasteiger partial charge in [0, 0.05) is 31.9 Å². The van der Waals surface area contributed by atoms with Crippen molar-refractivity contribution in [2.24, 2.45) is 0 Å². The predicted molar refractivity (Wildman–Crippen MR) is 134 cm³/mol. The fraction of sp³-hybridized carbons (Fsp3) is 0.458. The lowest BCUT2D eigenvalue weighted by molar-refractivity contribution is -0.137. The number of benzene rings is 1. The van der Waals surface area contributed by atoms with Gasteiger partial charge < -0.3 is 19.5 Å². The third kappa shape index (κ3) is 4.69. The van der Waals surface area contributed by atoms with E-state index in [2.05, 4.69) is 19.9 Å². The number of amides is 1. The van der Waals surface area contributed by atoms with E-state index in [-0.39, 0.29) is 33.7 Å². The number of hydrogen-bond acceptors (Lipinski definition) is 7. The minimum atomic E-state index is -3.51. The smallest absolute Gasteiger partial charge is 0.261 e. The van der Waals surface area contributed by atoms with Gasteiger partial charge in [0.1, 0.15) is 23.5 Å². The zero-order valence-corrected chi connectivity index (χ0v) is 21.1. The third-order valence-electron chi connectivity index (χ3n) is 6.78. The first-order chi connectivity index (χ1) is 16.8. The molecule has 9 nitrogen and oxygen atoms in total. The highest BCUT2D eigenvalue weighted by molar-refractivity contribution is 7.91. The number of hydrogen-bond donors (Lipinski definition) is 1. The number of carbonyl (C=O) groups excluding carboxylic acids is 1. The number of ether oxygens (including phenoxy) is 1. The van der Waals surface area contributed by atoms with Gasteiger partial charge in [-0.15, -0.1) is 0 Å². The van der Waals surface area contributed by atoms with Gasteiger partial charge in [0.2, 0.25) is 0 Å². The molecule has 0 bridgehead atoms. The molecule has 35 heavy (non-hydrogen) atoms. The van der Waals surface area contributed by atoms with Crippen molar-refractivity contribution in [2.75, 3.05) is 36.9 Å². The number of unbranched alkanes of at least 4 members (excludes halogenated alkanes) is 1. The third-order valence-corrected chi connectivity index (χ3v) is 9.05. The number of nitrogens with zero attached hydrogens (tertiary/aromatic N) is 4. The summed E-state index contributed by atoms with van der Waals surface area (Å²) < 4.78 is 31.0. The highest BCUT2D eigenvalue weighted by atomic mass is 35.5. The van der Waals surface area contributed by atoms with E-state index in [1.54, 1.807) is 12.4 Å². The van der Waals surface area contributed by atoms with Crippen LogP contribution in [0.2, 0.25) is 5.02 Å². The number of sulfone groups is 1. The number of nitrogens with one attached hydrogen (secondary N) is 1. The molecule has 1 spiro atoms. The van der Waals surface area contributed by atoms with E-state index in [1.807, 2.05) is 24.1 Å². The highest BCUT2D eigenvalue weighted by Crippen LogP contribution is 2.45. The number of piperazine rings is 1. The summed E-state index contributed by atoms with van der Waals surface area (Å²) in [6, 6.07) is 6.49. The molecule has 1 saturated heterocycles. The number of halogens is 1. The first-order valence-electron chi connectivity index (χ1n) is 11.8. The van der Waals surface area contributed by atoms with Gasteiger partial charge in [0.15, 0.2) is 16.4 Å². The van der Waals surface area contributed by atoms with Crippen molar-refractivity contribution in [1.82, 2.24) is 19.9 Å². The van der Waals surface area contributed by atoms with Gasteiger partial charge in [0.25, 0.3) is 5.91 Å². The van der Waals surface area contributed by atoms with Crippen LogP contribution in [0.5, 0.6) is 5.75 Å². The van der Waals surface area contributed by atoms with Crippen LogP contribution in [0.1, 0.15) is 32.6 Å². The van der Waals surface area contributed by atoms with Gasteiger partial charge in [-0.1, -0.05) is 24.9 Å². The van der Waals surface area contributed by atoms with Crippen LogP contribution in [0.4, 0.5) is 5.82 Å². The molecule has 3 heterocycles. The standard InChI is InChI=1S/C24H28ClN5O4S/c1-2-3-12-35(32,33)20-13-17(4-5-19(20)25)34-14-21(31)30-11-10-29(15-24(30)7-8-24)23-18-6-9-26-22(18)27-16-28-23/h4-6,9,13,16H,2-3,7-8,10-12,14-15H2,1H3,(H,26,27,28). The van der Waals surface area contributed by atoms with Crippen LogP contribution in [0.3, 0.4) is 0 Å². The molecule has 0 unspecified atom stereocenters. The van der Waals surface area contributed by atoms with Crippen molar-refractivity contribution in [3.63, 3.8) is 0 Å². The lowest BCUT2D eigenvalue weighted by Crippen LogP contribution is -2.58. The normalized spacial score (nSPS) is 17.2. The zero-order chi connectivity index (χ0) is 24.6. The number of H-pyrrole nitrogens is 1. The molecule has 1 saturated carbocycles. The van der Waals surface area contributed by atoms with Gasteiger partial charge in [-0.05, 0) is 37.5 Å². The van der Waals surface area contributed by atoms with E-state index < -0.39 is 9.84 Å². The summed E-state index contributed by atoms with van der Waals surface area (Å²) in [5, 5.41) is 1.13. The molecule has 11 heteroatoms. The quantitative estimate of drug-likeness (QED) is 0.487. The Morgan fingerprint density at radius 3 is 2.83 bits per heavy atom. The fourth-order valence-electron chi connectivity index (χ4n) is 4.71. The van der Waals surface area contributed by atoms with Crippen molar-refractivity contribution in [2.45, 2.75) is 43.0 Å². The summed E-state index contributed by atoms with van der Waals surface area (Å²) in [6.45, 7) is 3.70. The van der Waals surface area contributed by atoms with Crippen LogP contribution in [-0.4, -0.2) is 71.7 Å². The van der Waals surface area contributed by atoms with Crippen molar-refractivity contribution < 1.29 is 17.9 Å². The molecule has 0 radical (unpaired) electrons. The molecule has 5 rings (SSSR count). The second-order valence-corrected chi connectivity index (χ2v) is 11.7. The summed E-state index contributed by atoms with van der Waals surface area (Å²) >= 11 is 6.16. The SMILES string of the molecule is CCCCS(=O)(=O)c1cc(OCC(=O)N2CCN(c3ncnc4[nH]ccc34)CC23CC3)ccc1Cl. The second kappa shape index (κ2) is 9.31. The van der Waals surface area contributed by atoms with Crippen LogP contribution in [0.25, 0.3) is 11.0 Å². The second-order valence-electron chi connectivity index (χ2n) is 9.18. The van der Waals surface area contributed by atoms with Crippen molar-refractivity contribution in [3.05, 3.63) is 41.8 Å². The van der Waals surface area contributed by atoms with Crippen LogP contribution in [0.15, 0.2) is 41.7 Å². The maximum absolute atomic E-state index is 13.1. The lowest BCUT2D eigenvalue weighted by Gasteiger charge is -2.42. The number of carbonyl (C=O) groups is 1. The molecular formula is C24H28ClN5O4S. The summed E-state index contributed by atoms with van der Waals surface area (Å²) in [5.41, 5.74) is 0.576. The lowest BCUT2D eigenvalue weighted by atomic mass is 10.1. The van der Waals surface area contributed by atoms with Crippen molar-refractivity contribution in [1.29, 1.82) is 0 Å². The topological polar surface area (TPSA) is 108 Å². The summed E-state index contributed by atoms with van der Waals surface area (Å²) in [5.74, 6) is 1.11. The molecule has 2 aromatic heterocycles. The number of aromatic amines is 1. The Bertz CT molecular complexity index is 1350. The molecule has 186 valence electrons. The molecule has 2 aliphatic rings. The Labute approximate surface area is 209 Å². The maximum Gasteiger partial charge on any atom is 0.261 e. The molecule has 1 aliphatic carbocycles. The minimum Gasteiger partial charge on any atom is -0.484 e. The highest BCUT2D eigenvalue weighted by Gasteiger charge is 2.53. The van der Waals surface area contributed by atoms with E-state index in [0.29, 0.717) is 31.8 Å². The Hall–Kier alpha value is -2.85. The van der Waals surface area contributed by atoms with E-state index in [9.17, 15) is 13.2 Å². The summed E-state index contributed by atoms with van der Waals surface area (Å²) in [4.78, 5) is 29.2. The first kappa shape index (κ1) is 23.9. The molecule has 1 N–H and O–H groups in total. The molecule has 1 amide bonds.